The average molecular weight is 401 g/mol. The predicted octanol–water partition coefficient (Wildman–Crippen LogP) is 4.21. The van der Waals surface area contributed by atoms with Crippen LogP contribution in [0.1, 0.15) is 20.8 Å². The lowest BCUT2D eigenvalue weighted by Gasteiger charge is -2.10. The lowest BCUT2D eigenvalue weighted by molar-refractivity contribution is 0.0530. The molecule has 7 heteroatoms. The molecule has 0 atom stereocenters. The van der Waals surface area contributed by atoms with Crippen molar-refractivity contribution in [3.05, 3.63) is 69.3 Å². The molecule has 0 amide bonds. The van der Waals surface area contributed by atoms with Crippen LogP contribution in [0.25, 0.3) is 10.2 Å². The molecule has 0 unspecified atom stereocenters. The summed E-state index contributed by atoms with van der Waals surface area (Å²) in [5, 5.41) is 1.30. The molecule has 2 heterocycles. The Morgan fingerprint density at radius 2 is 2.07 bits per heavy atom. The zero-order valence-electron chi connectivity index (χ0n) is 15.2. The number of thioether (sulfide) groups is 1. The van der Waals surface area contributed by atoms with Crippen molar-refractivity contribution in [1.29, 1.82) is 0 Å². The summed E-state index contributed by atoms with van der Waals surface area (Å²) in [6.45, 7) is 8.31. The zero-order valence-corrected chi connectivity index (χ0v) is 16.9. The number of nitrogens with zero attached hydrogens (tertiary/aromatic N) is 2. The number of fused-ring (bicyclic) bond motifs is 1. The van der Waals surface area contributed by atoms with Crippen LogP contribution in [0.5, 0.6) is 0 Å². The molecular formula is C20H20N2O3S2. The summed E-state index contributed by atoms with van der Waals surface area (Å²) in [6.07, 6.45) is 1.68. The molecule has 0 fully saturated rings. The fraction of sp³-hybridized carbons (Fsp3) is 0.250. The second-order valence-corrected chi connectivity index (χ2v) is 8.18. The molecule has 2 aromatic heterocycles. The maximum atomic E-state index is 12.9. The van der Waals surface area contributed by atoms with Crippen LogP contribution >= 0.6 is 23.1 Å². The van der Waals surface area contributed by atoms with Gasteiger partial charge in [0.25, 0.3) is 5.56 Å². The van der Waals surface area contributed by atoms with Gasteiger partial charge in [0.05, 0.1) is 10.9 Å². The Labute approximate surface area is 165 Å². The van der Waals surface area contributed by atoms with Gasteiger partial charge in [-0.1, -0.05) is 36.0 Å². The van der Waals surface area contributed by atoms with Crippen molar-refractivity contribution < 1.29 is 9.53 Å². The van der Waals surface area contributed by atoms with Crippen LogP contribution in [0.3, 0.4) is 0 Å². The van der Waals surface area contributed by atoms with Crippen LogP contribution in [0.15, 0.2) is 52.9 Å². The van der Waals surface area contributed by atoms with Gasteiger partial charge in [-0.2, -0.15) is 0 Å². The molecule has 0 aliphatic carbocycles. The second-order valence-electron chi connectivity index (χ2n) is 5.91. The number of benzene rings is 1. The maximum Gasteiger partial charge on any atom is 0.338 e. The van der Waals surface area contributed by atoms with Crippen LogP contribution in [0.2, 0.25) is 0 Å². The van der Waals surface area contributed by atoms with E-state index in [2.05, 4.69) is 11.6 Å². The number of rotatable bonds is 7. The van der Waals surface area contributed by atoms with E-state index in [-0.39, 0.29) is 18.1 Å². The van der Waals surface area contributed by atoms with Gasteiger partial charge in [0.15, 0.2) is 5.16 Å². The minimum absolute atomic E-state index is 0.0504. The number of esters is 1. The predicted molar refractivity (Wildman–Crippen MR) is 111 cm³/mol. The Bertz CT molecular complexity index is 1040. The van der Waals surface area contributed by atoms with Crippen molar-refractivity contribution in [2.45, 2.75) is 25.5 Å². The molecule has 0 saturated heterocycles. The van der Waals surface area contributed by atoms with Gasteiger partial charge in [-0.05, 0) is 31.5 Å². The molecule has 0 spiro atoms. The van der Waals surface area contributed by atoms with Crippen molar-refractivity contribution in [3.8, 4) is 0 Å². The van der Waals surface area contributed by atoms with Crippen molar-refractivity contribution in [2.24, 2.45) is 0 Å². The fourth-order valence-corrected chi connectivity index (χ4v) is 4.53. The number of ether oxygens (including phenoxy) is 1. The second kappa shape index (κ2) is 8.54. The number of aromatic nitrogens is 2. The molecule has 0 bridgehead atoms. The smallest absolute Gasteiger partial charge is 0.338 e. The van der Waals surface area contributed by atoms with Gasteiger partial charge >= 0.3 is 5.97 Å². The Kier molecular flexibility index (Phi) is 6.13. The molecular weight excluding hydrogens is 380 g/mol. The van der Waals surface area contributed by atoms with Gasteiger partial charge in [0.1, 0.15) is 11.4 Å². The Morgan fingerprint density at radius 1 is 1.33 bits per heavy atom. The van der Waals surface area contributed by atoms with Crippen LogP contribution in [-0.4, -0.2) is 27.9 Å². The summed E-state index contributed by atoms with van der Waals surface area (Å²) >= 11 is 2.93. The van der Waals surface area contributed by atoms with Crippen LogP contribution in [0, 0.1) is 13.8 Å². The molecule has 3 aromatic rings. The van der Waals surface area contributed by atoms with Crippen LogP contribution in [-0.2, 0) is 11.3 Å². The molecule has 140 valence electrons. The largest absolute Gasteiger partial charge is 0.461 e. The summed E-state index contributed by atoms with van der Waals surface area (Å²) in [5.41, 5.74) is 1.46. The topological polar surface area (TPSA) is 61.2 Å². The van der Waals surface area contributed by atoms with Crippen molar-refractivity contribution in [3.63, 3.8) is 0 Å². The van der Waals surface area contributed by atoms with Crippen molar-refractivity contribution >= 4 is 39.3 Å². The SMILES string of the molecule is C=CCn1c(SCCOC(=O)c2ccccc2)nc2sc(C)c(C)c2c1=O. The highest BCUT2D eigenvalue weighted by Gasteiger charge is 2.16. The number of aryl methyl sites for hydroxylation is 2. The maximum absolute atomic E-state index is 12.9. The quantitative estimate of drug-likeness (QED) is 0.195. The van der Waals surface area contributed by atoms with Crippen molar-refractivity contribution in [1.82, 2.24) is 9.55 Å². The van der Waals surface area contributed by atoms with E-state index in [0.717, 1.165) is 15.3 Å². The molecule has 3 rings (SSSR count). The zero-order chi connectivity index (χ0) is 19.4. The summed E-state index contributed by atoms with van der Waals surface area (Å²) < 4.78 is 6.92. The van der Waals surface area contributed by atoms with Crippen molar-refractivity contribution in [2.75, 3.05) is 12.4 Å². The summed E-state index contributed by atoms with van der Waals surface area (Å²) in [4.78, 5) is 31.4. The first-order chi connectivity index (χ1) is 13.0. The summed E-state index contributed by atoms with van der Waals surface area (Å²) in [5.74, 6) is 0.157. The van der Waals surface area contributed by atoms with E-state index >= 15 is 0 Å². The van der Waals surface area contributed by atoms with E-state index < -0.39 is 0 Å². The van der Waals surface area contributed by atoms with Gasteiger partial charge in [-0.15, -0.1) is 17.9 Å². The fourth-order valence-electron chi connectivity index (χ4n) is 2.63. The normalized spacial score (nSPS) is 10.9. The minimum Gasteiger partial charge on any atom is -0.461 e. The number of carbonyl (C=O) groups is 1. The highest BCUT2D eigenvalue weighted by atomic mass is 32.2. The molecule has 5 nitrogen and oxygen atoms in total. The van der Waals surface area contributed by atoms with Gasteiger partial charge in [-0.25, -0.2) is 9.78 Å². The first-order valence-electron chi connectivity index (χ1n) is 8.49. The highest BCUT2D eigenvalue weighted by molar-refractivity contribution is 7.99. The van der Waals surface area contributed by atoms with E-state index in [1.165, 1.54) is 23.1 Å². The number of allylic oxidation sites excluding steroid dienone is 1. The lowest BCUT2D eigenvalue weighted by atomic mass is 10.2. The van der Waals surface area contributed by atoms with Crippen LogP contribution in [0.4, 0.5) is 0 Å². The molecule has 0 aliphatic rings. The monoisotopic (exact) mass is 400 g/mol. The summed E-state index contributed by atoms with van der Waals surface area (Å²) in [6, 6.07) is 8.87. The third-order valence-electron chi connectivity index (χ3n) is 4.12. The minimum atomic E-state index is -0.354. The highest BCUT2D eigenvalue weighted by Crippen LogP contribution is 2.28. The first kappa shape index (κ1) is 19.4. The van der Waals surface area contributed by atoms with Gasteiger partial charge in [-0.3, -0.25) is 9.36 Å². The number of carbonyl (C=O) groups excluding carboxylic acids is 1. The van der Waals surface area contributed by atoms with E-state index in [1.807, 2.05) is 19.9 Å². The van der Waals surface area contributed by atoms with Gasteiger partial charge in [0, 0.05) is 17.2 Å². The molecule has 1 aromatic carbocycles. The average Bonchev–Trinajstić information content (AvgIpc) is 2.96. The Balaban J connectivity index is 1.74. The van der Waals surface area contributed by atoms with E-state index in [4.69, 9.17) is 4.74 Å². The standard InChI is InChI=1S/C20H20N2O3S2/c1-4-10-22-18(23)16-13(2)14(3)27-17(16)21-20(22)26-12-11-25-19(24)15-8-6-5-7-9-15/h4-9H,1,10-12H2,2-3H3. The third kappa shape index (κ3) is 4.14. The van der Waals surface area contributed by atoms with E-state index in [0.29, 0.717) is 28.4 Å². The summed E-state index contributed by atoms with van der Waals surface area (Å²) in [7, 11) is 0. The molecule has 0 aliphatic heterocycles. The molecule has 0 radical (unpaired) electrons. The molecule has 0 saturated carbocycles. The molecule has 0 N–H and O–H groups in total. The Hall–Kier alpha value is -2.38. The Morgan fingerprint density at radius 3 is 2.78 bits per heavy atom. The van der Waals surface area contributed by atoms with E-state index in [1.54, 1.807) is 34.9 Å². The number of hydrogen-bond donors (Lipinski definition) is 0. The molecule has 27 heavy (non-hydrogen) atoms. The van der Waals surface area contributed by atoms with Gasteiger partial charge < -0.3 is 4.74 Å². The van der Waals surface area contributed by atoms with Crippen LogP contribution < -0.4 is 5.56 Å². The first-order valence-corrected chi connectivity index (χ1v) is 10.3. The number of thiophene rings is 1. The van der Waals surface area contributed by atoms with E-state index in [9.17, 15) is 9.59 Å². The lowest BCUT2D eigenvalue weighted by Crippen LogP contribution is -2.23. The number of hydrogen-bond acceptors (Lipinski definition) is 6. The third-order valence-corrected chi connectivity index (χ3v) is 6.16. The van der Waals surface area contributed by atoms with Gasteiger partial charge in [0.2, 0.25) is 0 Å².